The van der Waals surface area contributed by atoms with E-state index in [1.807, 2.05) is 11.3 Å². The Morgan fingerprint density at radius 3 is 1.59 bits per heavy atom. The van der Waals surface area contributed by atoms with Crippen LogP contribution in [0.1, 0.15) is 0 Å². The largest absolute Gasteiger partial charge is 0.455 e. The SMILES string of the molecule is c1ccc(-c2ccc3c(c2)oc2c(-c4ccccc4)ccc(N(c4ccc(-c5ccc6ccccc6c5)cc4)c4ccc5c(c4)sc4cc(-c6ccccc6)ccc45)c23)cc1. The van der Waals surface area contributed by atoms with Crippen molar-refractivity contribution in [2.75, 3.05) is 4.90 Å². The van der Waals surface area contributed by atoms with E-state index in [4.69, 9.17) is 4.42 Å². The summed E-state index contributed by atoms with van der Waals surface area (Å²) < 4.78 is 9.54. The number of furan rings is 1. The second-order valence-corrected chi connectivity index (χ2v) is 16.8. The van der Waals surface area contributed by atoms with E-state index in [1.165, 1.54) is 53.2 Å². The Balaban J connectivity index is 1.07. The van der Waals surface area contributed by atoms with Crippen molar-refractivity contribution >= 4 is 81.3 Å². The molecule has 12 rings (SSSR count). The molecule has 0 atom stereocenters. The van der Waals surface area contributed by atoms with Crippen molar-refractivity contribution in [2.24, 2.45) is 0 Å². The molecule has 0 unspecified atom stereocenters. The third kappa shape index (κ3) is 6.18. The molecule has 0 saturated heterocycles. The summed E-state index contributed by atoms with van der Waals surface area (Å²) in [7, 11) is 0. The molecule has 286 valence electrons. The molecule has 0 aliphatic heterocycles. The van der Waals surface area contributed by atoms with Crippen molar-refractivity contribution in [3.63, 3.8) is 0 Å². The summed E-state index contributed by atoms with van der Waals surface area (Å²) in [4.78, 5) is 2.42. The molecule has 0 aliphatic rings. The molecule has 2 heterocycles. The molecule has 0 aliphatic carbocycles. The third-order valence-electron chi connectivity index (χ3n) is 12.1. The lowest BCUT2D eigenvalue weighted by Crippen LogP contribution is -2.10. The van der Waals surface area contributed by atoms with Crippen LogP contribution in [-0.4, -0.2) is 0 Å². The Labute approximate surface area is 357 Å². The molecule has 0 saturated carbocycles. The summed E-state index contributed by atoms with van der Waals surface area (Å²) >= 11 is 1.85. The van der Waals surface area contributed by atoms with Gasteiger partial charge in [0, 0.05) is 42.5 Å². The highest BCUT2D eigenvalue weighted by Crippen LogP contribution is 2.48. The maximum absolute atomic E-state index is 7.01. The molecule has 61 heavy (non-hydrogen) atoms. The zero-order chi connectivity index (χ0) is 40.3. The molecule has 12 aromatic rings. The van der Waals surface area contributed by atoms with E-state index in [0.29, 0.717) is 0 Å². The van der Waals surface area contributed by atoms with Gasteiger partial charge in [-0.3, -0.25) is 0 Å². The number of nitrogens with zero attached hydrogens (tertiary/aromatic N) is 1. The third-order valence-corrected chi connectivity index (χ3v) is 13.2. The number of rotatable bonds is 7. The summed E-state index contributed by atoms with van der Waals surface area (Å²) in [6, 6.07) is 81.1. The average Bonchev–Trinajstić information content (AvgIpc) is 3.90. The normalized spacial score (nSPS) is 11.6. The van der Waals surface area contributed by atoms with E-state index >= 15 is 0 Å². The maximum Gasteiger partial charge on any atom is 0.145 e. The van der Waals surface area contributed by atoms with Crippen molar-refractivity contribution in [3.8, 4) is 44.5 Å². The van der Waals surface area contributed by atoms with Crippen LogP contribution < -0.4 is 4.90 Å². The molecule has 0 amide bonds. The molecular formula is C58H37NOS. The first kappa shape index (κ1) is 35.2. The van der Waals surface area contributed by atoms with Crippen molar-refractivity contribution < 1.29 is 4.42 Å². The molecular weight excluding hydrogens is 759 g/mol. The number of fused-ring (bicyclic) bond motifs is 7. The van der Waals surface area contributed by atoms with E-state index in [-0.39, 0.29) is 0 Å². The standard InChI is InChI=1S/C58H37NOS/c1-4-12-38(13-5-1)45-25-30-52-54(35-45)60-58-49(42-17-8-3-9-18-42)32-33-53(57(52)58)59(47-26-22-41(23-27-47)44-21-20-40-16-10-11-19-43(40)34-44)48-28-31-51-50-29-24-46(39-14-6-2-7-15-39)36-55(50)61-56(51)37-48/h1-37H. The first-order valence-electron chi connectivity index (χ1n) is 20.7. The van der Waals surface area contributed by atoms with Gasteiger partial charge in [-0.25, -0.2) is 0 Å². The highest BCUT2D eigenvalue weighted by molar-refractivity contribution is 7.25. The van der Waals surface area contributed by atoms with Gasteiger partial charge >= 0.3 is 0 Å². The van der Waals surface area contributed by atoms with Crippen molar-refractivity contribution in [1.82, 2.24) is 0 Å². The Hall–Kier alpha value is -7.72. The summed E-state index contributed by atoms with van der Waals surface area (Å²) in [6.07, 6.45) is 0. The summed E-state index contributed by atoms with van der Waals surface area (Å²) in [5.41, 5.74) is 14.3. The quantitative estimate of drug-likeness (QED) is 0.160. The van der Waals surface area contributed by atoms with Crippen LogP contribution in [0.3, 0.4) is 0 Å². The van der Waals surface area contributed by atoms with Gasteiger partial charge in [0.25, 0.3) is 0 Å². The van der Waals surface area contributed by atoms with Crippen LogP contribution in [0.15, 0.2) is 229 Å². The number of benzene rings is 10. The van der Waals surface area contributed by atoms with Gasteiger partial charge in [0.05, 0.1) is 11.1 Å². The predicted molar refractivity (Wildman–Crippen MR) is 261 cm³/mol. The summed E-state index contributed by atoms with van der Waals surface area (Å²) in [5, 5.41) is 7.19. The zero-order valence-corrected chi connectivity index (χ0v) is 33.9. The van der Waals surface area contributed by atoms with E-state index in [0.717, 1.165) is 61.3 Å². The number of hydrogen-bond donors (Lipinski definition) is 0. The van der Waals surface area contributed by atoms with Crippen LogP contribution in [0.5, 0.6) is 0 Å². The van der Waals surface area contributed by atoms with Gasteiger partial charge < -0.3 is 9.32 Å². The predicted octanol–water partition coefficient (Wildman–Crippen LogP) is 17.2. The highest BCUT2D eigenvalue weighted by atomic mass is 32.1. The minimum atomic E-state index is 0.863. The van der Waals surface area contributed by atoms with E-state index < -0.39 is 0 Å². The molecule has 10 aromatic carbocycles. The topological polar surface area (TPSA) is 16.4 Å². The van der Waals surface area contributed by atoms with E-state index in [9.17, 15) is 0 Å². The lowest BCUT2D eigenvalue weighted by Gasteiger charge is -2.27. The average molecular weight is 796 g/mol. The van der Waals surface area contributed by atoms with E-state index in [1.54, 1.807) is 0 Å². The Kier molecular flexibility index (Phi) is 8.39. The molecule has 3 heteroatoms. The fourth-order valence-corrected chi connectivity index (χ4v) is 10.2. The van der Waals surface area contributed by atoms with Crippen LogP contribution in [0, 0.1) is 0 Å². The lowest BCUT2D eigenvalue weighted by molar-refractivity contribution is 0.670. The number of hydrogen-bond acceptors (Lipinski definition) is 3. The molecule has 2 nitrogen and oxygen atoms in total. The first-order chi connectivity index (χ1) is 30.2. The van der Waals surface area contributed by atoms with Gasteiger partial charge in [-0.2, -0.15) is 0 Å². The van der Waals surface area contributed by atoms with Gasteiger partial charge in [0.15, 0.2) is 0 Å². The Morgan fingerprint density at radius 1 is 0.344 bits per heavy atom. The van der Waals surface area contributed by atoms with Crippen molar-refractivity contribution in [2.45, 2.75) is 0 Å². The van der Waals surface area contributed by atoms with Crippen LogP contribution in [0.25, 0.3) is 97.4 Å². The second-order valence-electron chi connectivity index (χ2n) is 15.7. The Bertz CT molecular complexity index is 3570. The van der Waals surface area contributed by atoms with Crippen molar-refractivity contribution in [3.05, 3.63) is 224 Å². The summed E-state index contributed by atoms with van der Waals surface area (Å²) in [6.45, 7) is 0. The first-order valence-corrected chi connectivity index (χ1v) is 21.5. The molecule has 0 radical (unpaired) electrons. The van der Waals surface area contributed by atoms with Gasteiger partial charge in [0.1, 0.15) is 11.2 Å². The molecule has 2 aromatic heterocycles. The van der Waals surface area contributed by atoms with E-state index in [2.05, 4.69) is 229 Å². The monoisotopic (exact) mass is 795 g/mol. The fourth-order valence-electron chi connectivity index (χ4n) is 9.02. The molecule has 0 fully saturated rings. The highest BCUT2D eigenvalue weighted by Gasteiger charge is 2.23. The van der Waals surface area contributed by atoms with Crippen LogP contribution in [0.2, 0.25) is 0 Å². The smallest absolute Gasteiger partial charge is 0.145 e. The number of anilines is 3. The van der Waals surface area contributed by atoms with Crippen LogP contribution >= 0.6 is 11.3 Å². The lowest BCUT2D eigenvalue weighted by atomic mass is 9.98. The van der Waals surface area contributed by atoms with Crippen LogP contribution in [0.4, 0.5) is 17.1 Å². The minimum absolute atomic E-state index is 0.863. The summed E-state index contributed by atoms with van der Waals surface area (Å²) in [5.74, 6) is 0. The maximum atomic E-state index is 7.01. The van der Waals surface area contributed by atoms with Gasteiger partial charge in [-0.1, -0.05) is 164 Å². The van der Waals surface area contributed by atoms with Gasteiger partial charge in [-0.05, 0) is 110 Å². The fraction of sp³-hybridized carbons (Fsp3) is 0. The zero-order valence-electron chi connectivity index (χ0n) is 33.1. The molecule has 0 bridgehead atoms. The van der Waals surface area contributed by atoms with Crippen LogP contribution in [-0.2, 0) is 0 Å². The van der Waals surface area contributed by atoms with Gasteiger partial charge in [0.2, 0.25) is 0 Å². The minimum Gasteiger partial charge on any atom is -0.455 e. The van der Waals surface area contributed by atoms with Gasteiger partial charge in [-0.15, -0.1) is 11.3 Å². The second kappa shape index (κ2) is 14.5. The number of thiophene rings is 1. The molecule has 0 N–H and O–H groups in total. The molecule has 0 spiro atoms. The van der Waals surface area contributed by atoms with Crippen molar-refractivity contribution in [1.29, 1.82) is 0 Å². The Morgan fingerprint density at radius 2 is 0.869 bits per heavy atom.